The van der Waals surface area contributed by atoms with Crippen molar-refractivity contribution in [1.82, 2.24) is 9.97 Å². The lowest BCUT2D eigenvalue weighted by Crippen LogP contribution is -2.33. The van der Waals surface area contributed by atoms with Crippen molar-refractivity contribution in [2.24, 2.45) is 0 Å². The molecule has 18 aromatic carbocycles. The largest absolute Gasteiger partial charge is 0.489 e. The second-order valence-corrected chi connectivity index (χ2v) is 32.1. The normalized spacial score (nSPS) is 12.6. The Kier molecular flexibility index (Phi) is 18.3. The summed E-state index contributed by atoms with van der Waals surface area (Å²) in [5.41, 5.74) is 41.1. The maximum absolute atomic E-state index is 10.1. The Morgan fingerprint density at radius 2 is 0.532 bits per heavy atom. The molecule has 0 aliphatic heterocycles. The SMILES string of the molecule is OB(O)c1cccc2c1-c1ccccc1C21c2ccccc2-c2ccccc21.[C-]#[N+]c1ccc(-c2ccc(-c3cc(-c4ccccc4)c4nc(-c5ccc(-c6cccc7c6-c6ccccc6C76c7ccccc7-c7ccccc76)cc5)oc4c3)cc2)cc1.[C-]#[N+]c1ccc(-c2ccc(-c3cc(-c4ccccc4)c4nc(-c5ccc(Cl)cc5)oc4c3)cc2)cc1. The van der Waals surface area contributed by atoms with Gasteiger partial charge in [-0.05, 0) is 222 Å². The van der Waals surface area contributed by atoms with Crippen LogP contribution in [0, 0.1) is 13.1 Å². The fourth-order valence-corrected chi connectivity index (χ4v) is 19.8. The summed E-state index contributed by atoms with van der Waals surface area (Å²) in [6.45, 7) is 14.4. The zero-order chi connectivity index (χ0) is 83.2. The third-order valence-electron chi connectivity index (χ3n) is 25.1. The van der Waals surface area contributed by atoms with E-state index >= 15 is 0 Å². The average molecular weight is 1610 g/mol. The number of aromatic nitrogens is 2. The molecule has 4 aliphatic rings. The summed E-state index contributed by atoms with van der Waals surface area (Å²) in [6.07, 6.45) is 0. The minimum atomic E-state index is -1.51. The highest BCUT2D eigenvalue weighted by Gasteiger charge is 2.54. The van der Waals surface area contributed by atoms with E-state index in [0.717, 1.165) is 122 Å². The van der Waals surface area contributed by atoms with Crippen LogP contribution in [-0.4, -0.2) is 27.1 Å². The first-order valence-corrected chi connectivity index (χ1v) is 41.7. The summed E-state index contributed by atoms with van der Waals surface area (Å²) < 4.78 is 12.9. The second-order valence-electron chi connectivity index (χ2n) is 31.7. The molecule has 24 rings (SSSR count). The lowest BCUT2D eigenvalue weighted by Gasteiger charge is -2.30. The topological polar surface area (TPSA) is 101 Å². The van der Waals surface area contributed by atoms with Gasteiger partial charge >= 0.3 is 7.12 Å². The van der Waals surface area contributed by atoms with E-state index in [4.69, 9.17) is 43.5 Å². The summed E-state index contributed by atoms with van der Waals surface area (Å²) >= 11 is 6.07. The number of oxazole rings is 2. The lowest BCUT2D eigenvalue weighted by molar-refractivity contribution is 0.426. The fraction of sp³-hybridized carbons (Fsp3) is 0.0175. The Morgan fingerprint density at radius 3 is 0.919 bits per heavy atom. The van der Waals surface area contributed by atoms with Crippen LogP contribution in [0.3, 0.4) is 0 Å². The van der Waals surface area contributed by atoms with E-state index < -0.39 is 12.5 Å². The van der Waals surface area contributed by atoms with Crippen LogP contribution in [0.5, 0.6) is 0 Å². The molecule has 0 fully saturated rings. The van der Waals surface area contributed by atoms with E-state index in [2.05, 4.69) is 301 Å². The molecule has 580 valence electrons. The minimum absolute atomic E-state index is 0.378. The van der Waals surface area contributed by atoms with E-state index in [0.29, 0.717) is 33.6 Å². The van der Waals surface area contributed by atoms with Gasteiger partial charge in [-0.25, -0.2) is 19.7 Å². The van der Waals surface area contributed by atoms with Crippen molar-refractivity contribution >= 4 is 57.8 Å². The molecule has 0 unspecified atom stereocenters. The molecule has 0 radical (unpaired) electrons. The van der Waals surface area contributed by atoms with E-state index in [1.807, 2.05) is 121 Å². The number of benzene rings is 18. The lowest BCUT2D eigenvalue weighted by atomic mass is 9.69. The monoisotopic (exact) mass is 1600 g/mol. The molecule has 2 spiro atoms. The van der Waals surface area contributed by atoms with Gasteiger partial charge in [-0.3, -0.25) is 0 Å². The summed E-state index contributed by atoms with van der Waals surface area (Å²) in [7, 11) is -1.51. The number of nitrogens with zero attached hydrogens (tertiary/aromatic N) is 4. The predicted octanol–water partition coefficient (Wildman–Crippen LogP) is 28.5. The van der Waals surface area contributed by atoms with Crippen LogP contribution in [-0.2, 0) is 10.8 Å². The van der Waals surface area contributed by atoms with Crippen LogP contribution in [0.2, 0.25) is 5.02 Å². The van der Waals surface area contributed by atoms with Gasteiger partial charge in [-0.15, -0.1) is 0 Å². The first-order chi connectivity index (χ1) is 61.1. The van der Waals surface area contributed by atoms with Gasteiger partial charge in [-0.2, -0.15) is 0 Å². The highest BCUT2D eigenvalue weighted by molar-refractivity contribution is 6.60. The van der Waals surface area contributed by atoms with Crippen LogP contribution >= 0.6 is 11.6 Å². The van der Waals surface area contributed by atoms with Gasteiger partial charge < -0.3 is 18.9 Å². The molecule has 8 nitrogen and oxygen atoms in total. The number of hydrogen-bond donors (Lipinski definition) is 2. The molecule has 2 aromatic heterocycles. The van der Waals surface area contributed by atoms with Gasteiger partial charge in [0.05, 0.1) is 24.0 Å². The van der Waals surface area contributed by atoms with E-state index in [1.54, 1.807) is 0 Å². The molecule has 10 heteroatoms. The molecule has 0 bridgehead atoms. The van der Waals surface area contributed by atoms with Gasteiger partial charge in [0.15, 0.2) is 22.5 Å². The minimum Gasteiger partial charge on any atom is -0.436 e. The molecule has 0 saturated heterocycles. The standard InChI is InChI=1S/C57H34N2O.C32H19ClN2O.C25H17BO2/c1-58-43-32-30-37(31-33-43)36-22-24-38(25-23-36)42-34-48(39-12-3-2-4-13-39)55-53(35-42)60-56(59-55)41-28-26-40(27-29-41)44-17-11-21-52-54(44)47-16-7-10-20-51(47)57(52)49-18-8-5-14-45(49)46-15-6-9-19-50(46)57;1-34-28-17-13-22(14-18-28)21-7-9-23(10-8-21)26-19-29(24-5-3-2-4-6-24)31-30(20-26)36-32(35-31)25-11-15-27(33)16-12-25;27-26(28)23-15-7-14-22-24(23)18-10-3-6-13-21(18)25(22)19-11-4-1-8-16(19)17-9-2-5-12-20(17)25/h2-35H;2-20H;1-15,27-28H. The first kappa shape index (κ1) is 74.4. The van der Waals surface area contributed by atoms with Crippen molar-refractivity contribution in [2.45, 2.75) is 10.8 Å². The Hall–Kier alpha value is -15.8. The summed E-state index contributed by atoms with van der Waals surface area (Å²) in [5, 5.41) is 20.9. The Labute approximate surface area is 722 Å². The Bertz CT molecular complexity index is 7610. The number of hydrogen-bond acceptors (Lipinski definition) is 6. The smallest absolute Gasteiger partial charge is 0.436 e. The Balaban J connectivity index is 0.000000121. The molecule has 20 aromatic rings. The highest BCUT2D eigenvalue weighted by atomic mass is 35.5. The molecule has 4 aliphatic carbocycles. The average Bonchev–Trinajstić information content (AvgIpc) is 1.51. The van der Waals surface area contributed by atoms with Crippen molar-refractivity contribution in [3.63, 3.8) is 0 Å². The molecule has 0 atom stereocenters. The van der Waals surface area contributed by atoms with E-state index in [-0.39, 0.29) is 5.41 Å². The van der Waals surface area contributed by atoms with Gasteiger partial charge in [0.1, 0.15) is 11.0 Å². The Morgan fingerprint density at radius 1 is 0.250 bits per heavy atom. The molecule has 2 N–H and O–H groups in total. The zero-order valence-corrected chi connectivity index (χ0v) is 67.5. The van der Waals surface area contributed by atoms with Gasteiger partial charge in [0, 0.05) is 27.3 Å². The predicted molar refractivity (Wildman–Crippen MR) is 503 cm³/mol. The summed E-state index contributed by atoms with van der Waals surface area (Å²) in [4.78, 5) is 17.0. The van der Waals surface area contributed by atoms with Crippen LogP contribution < -0.4 is 5.46 Å². The van der Waals surface area contributed by atoms with Crippen LogP contribution in [0.15, 0.2) is 421 Å². The van der Waals surface area contributed by atoms with Crippen molar-refractivity contribution < 1.29 is 18.9 Å². The first-order valence-electron chi connectivity index (χ1n) is 41.4. The van der Waals surface area contributed by atoms with Gasteiger partial charge in [0.2, 0.25) is 11.8 Å². The molecule has 0 amide bonds. The van der Waals surface area contributed by atoms with Crippen molar-refractivity contribution in [3.8, 4) is 145 Å². The van der Waals surface area contributed by atoms with Gasteiger partial charge in [-0.1, -0.05) is 363 Å². The van der Waals surface area contributed by atoms with Crippen molar-refractivity contribution in [1.29, 1.82) is 0 Å². The molecule has 0 saturated carbocycles. The number of rotatable bonds is 10. The van der Waals surface area contributed by atoms with Crippen molar-refractivity contribution in [3.05, 3.63) is 485 Å². The fourth-order valence-electron chi connectivity index (χ4n) is 19.6. The molecule has 124 heavy (non-hydrogen) atoms. The molecular formula is C114H70BClN4O4. The zero-order valence-electron chi connectivity index (χ0n) is 66.7. The third-order valence-corrected chi connectivity index (χ3v) is 25.4. The van der Waals surface area contributed by atoms with E-state index in [1.165, 1.54) is 77.9 Å². The summed E-state index contributed by atoms with van der Waals surface area (Å²) in [5.74, 6) is 1.15. The highest BCUT2D eigenvalue weighted by Crippen LogP contribution is 2.65. The number of fused-ring (bicyclic) bond motifs is 22. The van der Waals surface area contributed by atoms with Crippen LogP contribution in [0.4, 0.5) is 11.4 Å². The maximum Gasteiger partial charge on any atom is 0.489 e. The third kappa shape index (κ3) is 12.2. The molecule has 2 heterocycles. The van der Waals surface area contributed by atoms with Crippen LogP contribution in [0.1, 0.15) is 44.5 Å². The maximum atomic E-state index is 10.1. The van der Waals surface area contributed by atoms with Crippen molar-refractivity contribution in [2.75, 3.05) is 0 Å². The quantitative estimate of drug-likeness (QED) is 0.104. The van der Waals surface area contributed by atoms with Crippen LogP contribution in [0.25, 0.3) is 177 Å². The van der Waals surface area contributed by atoms with Gasteiger partial charge in [0.25, 0.3) is 0 Å². The second kappa shape index (κ2) is 30.4. The number of halogens is 1. The summed E-state index contributed by atoms with van der Waals surface area (Å²) in [6, 6.07) is 143. The van der Waals surface area contributed by atoms with E-state index in [9.17, 15) is 10.0 Å². The molecular weight excluding hydrogens is 1540 g/mol.